The van der Waals surface area contributed by atoms with E-state index in [2.05, 4.69) is 0 Å². The topological polar surface area (TPSA) is 49.8 Å². The van der Waals surface area contributed by atoms with Crippen molar-refractivity contribution < 1.29 is 27.8 Å². The fraction of sp³-hybridized carbons (Fsp3) is 0.462. The van der Waals surface area contributed by atoms with E-state index in [4.69, 9.17) is 4.74 Å². The van der Waals surface area contributed by atoms with Crippen LogP contribution in [0.1, 0.15) is 23.7 Å². The first kappa shape index (κ1) is 16.1. The second-order valence-corrected chi connectivity index (χ2v) is 4.23. The van der Waals surface area contributed by atoms with Crippen molar-refractivity contribution in [1.29, 1.82) is 0 Å². The summed E-state index contributed by atoms with van der Waals surface area (Å²) in [4.78, 5) is 12.7. The minimum Gasteiger partial charge on any atom is -0.504 e. The Labute approximate surface area is 114 Å². The van der Waals surface area contributed by atoms with Crippen LogP contribution >= 0.6 is 0 Å². The smallest absolute Gasteiger partial charge is 0.406 e. The monoisotopic (exact) mass is 291 g/mol. The van der Waals surface area contributed by atoms with Crippen LogP contribution in [0.2, 0.25) is 0 Å². The molecule has 0 aliphatic carbocycles. The molecule has 1 rings (SSSR count). The van der Waals surface area contributed by atoms with Gasteiger partial charge in [-0.1, -0.05) is 6.92 Å². The van der Waals surface area contributed by atoms with Crippen LogP contribution in [-0.4, -0.2) is 42.3 Å². The van der Waals surface area contributed by atoms with Crippen molar-refractivity contribution in [2.24, 2.45) is 0 Å². The van der Waals surface area contributed by atoms with Crippen molar-refractivity contribution in [3.63, 3.8) is 0 Å². The third-order valence-corrected chi connectivity index (χ3v) is 2.58. The second kappa shape index (κ2) is 6.49. The third-order valence-electron chi connectivity index (χ3n) is 2.58. The quantitative estimate of drug-likeness (QED) is 0.907. The van der Waals surface area contributed by atoms with Gasteiger partial charge in [-0.25, -0.2) is 0 Å². The maximum atomic E-state index is 12.4. The molecule has 1 N–H and O–H groups in total. The molecule has 0 aromatic heterocycles. The number of ether oxygens (including phenoxy) is 1. The van der Waals surface area contributed by atoms with Crippen LogP contribution < -0.4 is 4.74 Å². The number of hydrogen-bond acceptors (Lipinski definition) is 3. The molecule has 1 aromatic rings. The average molecular weight is 291 g/mol. The number of nitrogens with zero attached hydrogens (tertiary/aromatic N) is 1. The first-order valence-corrected chi connectivity index (χ1v) is 6.01. The Hall–Kier alpha value is -1.92. The van der Waals surface area contributed by atoms with Crippen LogP contribution in [-0.2, 0) is 0 Å². The van der Waals surface area contributed by atoms with Crippen molar-refractivity contribution in [3.05, 3.63) is 23.8 Å². The highest BCUT2D eigenvalue weighted by Gasteiger charge is 2.33. The molecule has 0 heterocycles. The van der Waals surface area contributed by atoms with Gasteiger partial charge < -0.3 is 14.7 Å². The van der Waals surface area contributed by atoms with Crippen molar-refractivity contribution >= 4 is 5.91 Å². The molecule has 20 heavy (non-hydrogen) atoms. The standard InChI is InChI=1S/C13H16F3NO3/c1-3-6-17(8-13(14,15)16)12(19)9-4-5-11(20-2)10(18)7-9/h4-5,7,18H,3,6,8H2,1-2H3. The zero-order valence-corrected chi connectivity index (χ0v) is 11.2. The molecule has 0 atom stereocenters. The van der Waals surface area contributed by atoms with E-state index in [1.165, 1.54) is 19.2 Å². The summed E-state index contributed by atoms with van der Waals surface area (Å²) in [6.07, 6.45) is -4.05. The predicted molar refractivity (Wildman–Crippen MR) is 66.9 cm³/mol. The van der Waals surface area contributed by atoms with Crippen LogP contribution in [0.3, 0.4) is 0 Å². The molecule has 4 nitrogen and oxygen atoms in total. The molecule has 0 aliphatic heterocycles. The fourth-order valence-electron chi connectivity index (χ4n) is 1.74. The van der Waals surface area contributed by atoms with Gasteiger partial charge >= 0.3 is 6.18 Å². The highest BCUT2D eigenvalue weighted by atomic mass is 19.4. The number of rotatable bonds is 5. The van der Waals surface area contributed by atoms with E-state index in [1.807, 2.05) is 0 Å². The summed E-state index contributed by atoms with van der Waals surface area (Å²) in [5.41, 5.74) is -0.0130. The zero-order valence-electron chi connectivity index (χ0n) is 11.2. The molecule has 0 bridgehead atoms. The van der Waals surface area contributed by atoms with Crippen LogP contribution in [0, 0.1) is 0 Å². The van der Waals surface area contributed by atoms with Gasteiger partial charge in [-0.3, -0.25) is 4.79 Å². The predicted octanol–water partition coefficient (Wildman–Crippen LogP) is 2.82. The lowest BCUT2D eigenvalue weighted by atomic mass is 10.1. The van der Waals surface area contributed by atoms with Crippen LogP contribution in [0.5, 0.6) is 11.5 Å². The van der Waals surface area contributed by atoms with Crippen molar-refractivity contribution in [2.75, 3.05) is 20.2 Å². The number of alkyl halides is 3. The minimum atomic E-state index is -4.46. The SMILES string of the molecule is CCCN(CC(F)(F)F)C(=O)c1ccc(OC)c(O)c1. The highest BCUT2D eigenvalue weighted by molar-refractivity contribution is 5.95. The summed E-state index contributed by atoms with van der Waals surface area (Å²) < 4.78 is 42.1. The lowest BCUT2D eigenvalue weighted by molar-refractivity contribution is -0.140. The number of benzene rings is 1. The van der Waals surface area contributed by atoms with Crippen molar-refractivity contribution in [1.82, 2.24) is 4.90 Å². The Bertz CT molecular complexity index is 474. The first-order chi connectivity index (χ1) is 9.28. The number of carbonyl (C=O) groups is 1. The van der Waals surface area contributed by atoms with Gasteiger partial charge in [-0.15, -0.1) is 0 Å². The Kier molecular flexibility index (Phi) is 5.24. The number of halogens is 3. The lowest BCUT2D eigenvalue weighted by Crippen LogP contribution is -2.39. The number of methoxy groups -OCH3 is 1. The van der Waals surface area contributed by atoms with Crippen LogP contribution in [0.15, 0.2) is 18.2 Å². The first-order valence-electron chi connectivity index (χ1n) is 6.01. The molecule has 0 unspecified atom stereocenters. The third kappa shape index (κ3) is 4.32. The molecule has 1 amide bonds. The fourth-order valence-corrected chi connectivity index (χ4v) is 1.74. The van der Waals surface area contributed by atoms with Gasteiger partial charge in [0.2, 0.25) is 0 Å². The number of amides is 1. The van der Waals surface area contributed by atoms with E-state index in [-0.39, 0.29) is 23.6 Å². The largest absolute Gasteiger partial charge is 0.504 e. The molecule has 7 heteroatoms. The summed E-state index contributed by atoms with van der Waals surface area (Å²) >= 11 is 0. The van der Waals surface area contributed by atoms with Crippen LogP contribution in [0.25, 0.3) is 0 Å². The number of phenolic OH excluding ortho intramolecular Hbond substituents is 1. The number of aromatic hydroxyl groups is 1. The molecule has 112 valence electrons. The summed E-state index contributed by atoms with van der Waals surface area (Å²) in [5, 5.41) is 9.57. The number of hydrogen-bond donors (Lipinski definition) is 1. The van der Waals surface area contributed by atoms with E-state index in [9.17, 15) is 23.1 Å². The van der Waals surface area contributed by atoms with Gasteiger partial charge in [-0.2, -0.15) is 13.2 Å². The van der Waals surface area contributed by atoms with Gasteiger partial charge in [0, 0.05) is 12.1 Å². The molecular weight excluding hydrogens is 275 g/mol. The molecule has 0 spiro atoms. The van der Waals surface area contributed by atoms with Gasteiger partial charge in [0.15, 0.2) is 11.5 Å². The Balaban J connectivity index is 2.97. The van der Waals surface area contributed by atoms with Gasteiger partial charge in [0.05, 0.1) is 7.11 Å². The average Bonchev–Trinajstić information content (AvgIpc) is 2.35. The van der Waals surface area contributed by atoms with E-state index < -0.39 is 18.6 Å². The molecule has 0 saturated carbocycles. The van der Waals surface area contributed by atoms with E-state index in [0.717, 1.165) is 6.07 Å². The highest BCUT2D eigenvalue weighted by Crippen LogP contribution is 2.27. The Morgan fingerprint density at radius 2 is 2.05 bits per heavy atom. The molecule has 0 aliphatic rings. The number of carbonyl (C=O) groups excluding carboxylic acids is 1. The maximum Gasteiger partial charge on any atom is 0.406 e. The van der Waals surface area contributed by atoms with Crippen LogP contribution in [0.4, 0.5) is 13.2 Å². The van der Waals surface area contributed by atoms with Crippen molar-refractivity contribution in [2.45, 2.75) is 19.5 Å². The minimum absolute atomic E-state index is 0.00880. The normalized spacial score (nSPS) is 11.2. The molecular formula is C13H16F3NO3. The lowest BCUT2D eigenvalue weighted by Gasteiger charge is -2.23. The second-order valence-electron chi connectivity index (χ2n) is 4.23. The maximum absolute atomic E-state index is 12.4. The Morgan fingerprint density at radius 1 is 1.40 bits per heavy atom. The molecule has 0 fully saturated rings. The summed E-state index contributed by atoms with van der Waals surface area (Å²) in [6, 6.07) is 3.75. The summed E-state index contributed by atoms with van der Waals surface area (Å²) in [5.74, 6) is -0.914. The molecule has 0 radical (unpaired) electrons. The van der Waals surface area contributed by atoms with Gasteiger partial charge in [0.25, 0.3) is 5.91 Å². The molecule has 1 aromatic carbocycles. The van der Waals surface area contributed by atoms with E-state index >= 15 is 0 Å². The van der Waals surface area contributed by atoms with E-state index in [0.29, 0.717) is 11.3 Å². The van der Waals surface area contributed by atoms with Gasteiger partial charge in [-0.05, 0) is 24.6 Å². The Morgan fingerprint density at radius 3 is 2.50 bits per heavy atom. The summed E-state index contributed by atoms with van der Waals surface area (Å²) in [7, 11) is 1.34. The van der Waals surface area contributed by atoms with E-state index in [1.54, 1.807) is 6.92 Å². The number of phenols is 1. The van der Waals surface area contributed by atoms with Gasteiger partial charge in [0.1, 0.15) is 6.54 Å². The molecule has 0 saturated heterocycles. The van der Waals surface area contributed by atoms with Crippen molar-refractivity contribution in [3.8, 4) is 11.5 Å². The summed E-state index contributed by atoms with van der Waals surface area (Å²) in [6.45, 7) is 0.361. The zero-order chi connectivity index (χ0) is 15.3.